The van der Waals surface area contributed by atoms with E-state index < -0.39 is 0 Å². The molecule has 1 fully saturated rings. The Kier molecular flexibility index (Phi) is 5.93. The first-order chi connectivity index (χ1) is 9.60. The third-order valence-corrected chi connectivity index (χ3v) is 5.43. The van der Waals surface area contributed by atoms with Gasteiger partial charge in [-0.05, 0) is 56.5 Å². The molecule has 1 aliphatic carbocycles. The molecular weight excluding hydrogens is 336 g/mol. The van der Waals surface area contributed by atoms with Crippen molar-refractivity contribution in [3.8, 4) is 0 Å². The molecule has 0 aromatic heterocycles. The van der Waals surface area contributed by atoms with Crippen LogP contribution in [0.1, 0.15) is 26.2 Å². The molecule has 20 heavy (non-hydrogen) atoms. The zero-order chi connectivity index (χ0) is 14.5. The Balaban J connectivity index is 1.87. The van der Waals surface area contributed by atoms with Crippen molar-refractivity contribution in [1.82, 2.24) is 5.32 Å². The van der Waals surface area contributed by atoms with E-state index in [9.17, 15) is 4.79 Å². The van der Waals surface area contributed by atoms with Gasteiger partial charge in [0.15, 0.2) is 0 Å². The summed E-state index contributed by atoms with van der Waals surface area (Å²) in [6.07, 6.45) is 3.36. The van der Waals surface area contributed by atoms with Crippen LogP contribution < -0.4 is 11.1 Å². The summed E-state index contributed by atoms with van der Waals surface area (Å²) < 4.78 is 1.05. The van der Waals surface area contributed by atoms with Crippen LogP contribution in [0.2, 0.25) is 0 Å². The van der Waals surface area contributed by atoms with Crippen LogP contribution in [-0.4, -0.2) is 23.7 Å². The average Bonchev–Trinajstić information content (AvgIpc) is 2.88. The first-order valence-electron chi connectivity index (χ1n) is 7.03. The monoisotopic (exact) mass is 356 g/mol. The molecule has 3 nitrogen and oxygen atoms in total. The summed E-state index contributed by atoms with van der Waals surface area (Å²) in [5.41, 5.74) is 5.75. The second-order valence-corrected chi connectivity index (χ2v) is 7.59. The molecule has 1 aliphatic rings. The fourth-order valence-corrected chi connectivity index (χ4v) is 3.72. The lowest BCUT2D eigenvalue weighted by Gasteiger charge is -2.21. The topological polar surface area (TPSA) is 55.1 Å². The summed E-state index contributed by atoms with van der Waals surface area (Å²) >= 11 is 5.00. The molecule has 1 saturated carbocycles. The van der Waals surface area contributed by atoms with Gasteiger partial charge in [0.2, 0.25) is 5.91 Å². The molecule has 1 amide bonds. The minimum Gasteiger partial charge on any atom is -0.352 e. The van der Waals surface area contributed by atoms with Gasteiger partial charge in [-0.15, -0.1) is 11.8 Å². The second-order valence-electron chi connectivity index (χ2n) is 5.26. The smallest absolute Gasteiger partial charge is 0.233 e. The van der Waals surface area contributed by atoms with Crippen molar-refractivity contribution >= 4 is 33.6 Å². The number of carbonyl (C=O) groups is 1. The van der Waals surface area contributed by atoms with Crippen molar-refractivity contribution in [1.29, 1.82) is 0 Å². The lowest BCUT2D eigenvalue weighted by atomic mass is 10.0. The van der Waals surface area contributed by atoms with E-state index in [2.05, 4.69) is 21.2 Å². The first-order valence-corrected chi connectivity index (χ1v) is 8.70. The molecule has 2 rings (SSSR count). The summed E-state index contributed by atoms with van der Waals surface area (Å²) in [5, 5.41) is 3.07. The number of thioether (sulfide) groups is 1. The van der Waals surface area contributed by atoms with Gasteiger partial charge in [-0.1, -0.05) is 22.4 Å². The van der Waals surface area contributed by atoms with Crippen molar-refractivity contribution in [3.63, 3.8) is 0 Å². The first kappa shape index (κ1) is 15.9. The Morgan fingerprint density at radius 3 is 2.80 bits per heavy atom. The van der Waals surface area contributed by atoms with Crippen LogP contribution in [0.5, 0.6) is 0 Å². The summed E-state index contributed by atoms with van der Waals surface area (Å²) in [6, 6.07) is 8.30. The van der Waals surface area contributed by atoms with Crippen molar-refractivity contribution in [3.05, 3.63) is 28.7 Å². The number of nitrogens with one attached hydrogen (secondary N) is 1. The molecule has 0 saturated heterocycles. The summed E-state index contributed by atoms with van der Waals surface area (Å²) in [6.45, 7) is 2.62. The molecule has 1 aromatic rings. The zero-order valence-corrected chi connectivity index (χ0v) is 14.0. The van der Waals surface area contributed by atoms with E-state index in [4.69, 9.17) is 5.73 Å². The van der Waals surface area contributed by atoms with E-state index in [-0.39, 0.29) is 17.2 Å². The quantitative estimate of drug-likeness (QED) is 0.796. The molecule has 3 atom stereocenters. The number of rotatable bonds is 5. The van der Waals surface area contributed by atoms with E-state index in [1.807, 2.05) is 31.2 Å². The summed E-state index contributed by atoms with van der Waals surface area (Å²) in [7, 11) is 0. The Labute approximate surface area is 133 Å². The number of halogens is 1. The van der Waals surface area contributed by atoms with E-state index in [0.29, 0.717) is 12.5 Å². The Morgan fingerprint density at radius 1 is 1.45 bits per heavy atom. The lowest BCUT2D eigenvalue weighted by Crippen LogP contribution is -2.43. The molecule has 0 aliphatic heterocycles. The van der Waals surface area contributed by atoms with Gasteiger partial charge in [-0.25, -0.2) is 0 Å². The third-order valence-electron chi connectivity index (χ3n) is 3.79. The van der Waals surface area contributed by atoms with Crippen LogP contribution in [0.15, 0.2) is 33.6 Å². The van der Waals surface area contributed by atoms with Gasteiger partial charge in [0.1, 0.15) is 0 Å². The van der Waals surface area contributed by atoms with Gasteiger partial charge in [-0.2, -0.15) is 0 Å². The van der Waals surface area contributed by atoms with Gasteiger partial charge in [-0.3, -0.25) is 4.79 Å². The number of benzene rings is 1. The number of amides is 1. The van der Waals surface area contributed by atoms with E-state index in [1.165, 1.54) is 6.42 Å². The normalized spacial score (nSPS) is 23.6. The van der Waals surface area contributed by atoms with Crippen LogP contribution in [-0.2, 0) is 4.79 Å². The highest BCUT2D eigenvalue weighted by atomic mass is 79.9. The van der Waals surface area contributed by atoms with E-state index in [1.54, 1.807) is 11.8 Å². The summed E-state index contributed by atoms with van der Waals surface area (Å²) in [4.78, 5) is 13.4. The molecule has 0 spiro atoms. The Hall–Kier alpha value is -0.520. The maximum Gasteiger partial charge on any atom is 0.233 e. The van der Waals surface area contributed by atoms with Crippen LogP contribution in [0.25, 0.3) is 0 Å². The van der Waals surface area contributed by atoms with Crippen LogP contribution in [0.4, 0.5) is 0 Å². The predicted octanol–water partition coefficient (Wildman–Crippen LogP) is 3.17. The lowest BCUT2D eigenvalue weighted by molar-refractivity contribution is -0.121. The van der Waals surface area contributed by atoms with Gasteiger partial charge >= 0.3 is 0 Å². The predicted molar refractivity (Wildman–Crippen MR) is 87.8 cm³/mol. The van der Waals surface area contributed by atoms with Crippen LogP contribution in [0, 0.1) is 5.92 Å². The van der Waals surface area contributed by atoms with Crippen LogP contribution >= 0.6 is 27.7 Å². The number of hydrogen-bond donors (Lipinski definition) is 2. The average molecular weight is 357 g/mol. The number of nitrogens with two attached hydrogens (primary N) is 1. The zero-order valence-electron chi connectivity index (χ0n) is 11.6. The van der Waals surface area contributed by atoms with Crippen molar-refractivity contribution < 1.29 is 4.79 Å². The Bertz CT molecular complexity index is 452. The number of hydrogen-bond acceptors (Lipinski definition) is 3. The SMILES string of the molecule is CC(Sc1ccc(Br)cc1)C(=O)NC1CCCC1CN. The van der Waals surface area contributed by atoms with Gasteiger partial charge in [0.05, 0.1) is 5.25 Å². The maximum absolute atomic E-state index is 12.2. The molecule has 1 aromatic carbocycles. The van der Waals surface area contributed by atoms with Crippen molar-refractivity contribution in [2.45, 2.75) is 42.4 Å². The molecule has 0 bridgehead atoms. The number of carbonyl (C=O) groups excluding carboxylic acids is 1. The van der Waals surface area contributed by atoms with Gasteiger partial charge in [0.25, 0.3) is 0 Å². The van der Waals surface area contributed by atoms with Gasteiger partial charge < -0.3 is 11.1 Å². The fourth-order valence-electron chi connectivity index (χ4n) is 2.58. The standard InChI is InChI=1S/C15H21BrN2OS/c1-10(20-13-7-5-12(16)6-8-13)15(19)18-14-4-2-3-11(14)9-17/h5-8,10-11,14H,2-4,9,17H2,1H3,(H,18,19). The highest BCUT2D eigenvalue weighted by Gasteiger charge is 2.28. The van der Waals surface area contributed by atoms with Gasteiger partial charge in [0, 0.05) is 15.4 Å². The third kappa shape index (κ3) is 4.24. The maximum atomic E-state index is 12.2. The highest BCUT2D eigenvalue weighted by Crippen LogP contribution is 2.27. The van der Waals surface area contributed by atoms with E-state index in [0.717, 1.165) is 22.2 Å². The van der Waals surface area contributed by atoms with Crippen molar-refractivity contribution in [2.75, 3.05) is 6.54 Å². The molecular formula is C15H21BrN2OS. The van der Waals surface area contributed by atoms with E-state index >= 15 is 0 Å². The Morgan fingerprint density at radius 2 is 2.15 bits per heavy atom. The molecule has 3 N–H and O–H groups in total. The summed E-state index contributed by atoms with van der Waals surface area (Å²) in [5.74, 6) is 0.562. The second kappa shape index (κ2) is 7.48. The molecule has 5 heteroatoms. The molecule has 0 heterocycles. The minimum absolute atomic E-state index is 0.0878. The minimum atomic E-state index is -0.0878. The fraction of sp³-hybridized carbons (Fsp3) is 0.533. The van der Waals surface area contributed by atoms with Crippen molar-refractivity contribution in [2.24, 2.45) is 11.7 Å². The molecule has 0 radical (unpaired) electrons. The van der Waals surface area contributed by atoms with Crippen LogP contribution in [0.3, 0.4) is 0 Å². The largest absolute Gasteiger partial charge is 0.352 e. The highest BCUT2D eigenvalue weighted by molar-refractivity contribution is 9.10. The molecule has 110 valence electrons. The molecule has 3 unspecified atom stereocenters.